The molecule has 5 nitrogen and oxygen atoms in total. The fourth-order valence-electron chi connectivity index (χ4n) is 1.90. The van der Waals surface area contributed by atoms with Gasteiger partial charge >= 0.3 is 0 Å². The number of Topliss-reactive ketones (excluding diaryl/α,β-unsaturated/α-hetero) is 1. The molecule has 0 saturated heterocycles. The van der Waals surface area contributed by atoms with Crippen molar-refractivity contribution in [1.82, 2.24) is 14.3 Å². The molecule has 2 rings (SSSR count). The first kappa shape index (κ1) is 15.5. The second kappa shape index (κ2) is 5.85. The van der Waals surface area contributed by atoms with E-state index in [2.05, 4.69) is 9.88 Å². The summed E-state index contributed by atoms with van der Waals surface area (Å²) in [6, 6.07) is 3.74. The van der Waals surface area contributed by atoms with E-state index in [1.807, 2.05) is 57.6 Å². The summed E-state index contributed by atoms with van der Waals surface area (Å²) in [4.78, 5) is 18.7. The summed E-state index contributed by atoms with van der Waals surface area (Å²) < 4.78 is 7.52. The summed E-state index contributed by atoms with van der Waals surface area (Å²) in [7, 11) is 4.01. The van der Waals surface area contributed by atoms with Gasteiger partial charge in [0.25, 0.3) is 0 Å². The molecule has 0 fully saturated rings. The number of carbonyl (C=O) groups excluding carboxylic acids is 1. The van der Waals surface area contributed by atoms with Gasteiger partial charge in [0.2, 0.25) is 0 Å². The molecule has 21 heavy (non-hydrogen) atoms. The molecule has 2 heterocycles. The van der Waals surface area contributed by atoms with Crippen molar-refractivity contribution >= 4 is 11.4 Å². The van der Waals surface area contributed by atoms with Gasteiger partial charge in [0.15, 0.2) is 5.78 Å². The van der Waals surface area contributed by atoms with Crippen LogP contribution in [0.3, 0.4) is 0 Å². The Kier molecular flexibility index (Phi) is 4.32. The second-order valence-corrected chi connectivity index (χ2v) is 6.49. The molecule has 2 aromatic rings. The Morgan fingerprint density at radius 2 is 2.00 bits per heavy atom. The SMILES string of the molecule is CN(C)CCOc1ccc2nc(C(=O)C(C)(C)C)cn2c1. The fourth-order valence-corrected chi connectivity index (χ4v) is 1.90. The maximum atomic E-state index is 12.3. The molecule has 0 atom stereocenters. The molecule has 0 amide bonds. The Balaban J connectivity index is 2.18. The van der Waals surface area contributed by atoms with Crippen LogP contribution in [0.15, 0.2) is 24.5 Å². The molecule has 0 saturated carbocycles. The number of rotatable bonds is 5. The zero-order chi connectivity index (χ0) is 15.6. The molecule has 0 aromatic carbocycles. The third kappa shape index (κ3) is 3.82. The van der Waals surface area contributed by atoms with Crippen LogP contribution in [0.4, 0.5) is 0 Å². The molecule has 0 N–H and O–H groups in total. The number of hydrogen-bond acceptors (Lipinski definition) is 4. The summed E-state index contributed by atoms with van der Waals surface area (Å²) >= 11 is 0. The van der Waals surface area contributed by atoms with Crippen molar-refractivity contribution in [3.8, 4) is 5.75 Å². The van der Waals surface area contributed by atoms with Crippen molar-refractivity contribution in [3.63, 3.8) is 0 Å². The molecule has 0 unspecified atom stereocenters. The number of nitrogens with zero attached hydrogens (tertiary/aromatic N) is 3. The van der Waals surface area contributed by atoms with Crippen LogP contribution in [0.2, 0.25) is 0 Å². The summed E-state index contributed by atoms with van der Waals surface area (Å²) in [6.45, 7) is 7.18. The topological polar surface area (TPSA) is 46.8 Å². The Morgan fingerprint density at radius 3 is 2.62 bits per heavy atom. The zero-order valence-electron chi connectivity index (χ0n) is 13.4. The lowest BCUT2D eigenvalue weighted by Gasteiger charge is -2.13. The van der Waals surface area contributed by atoms with E-state index in [0.29, 0.717) is 12.3 Å². The molecule has 0 spiro atoms. The largest absolute Gasteiger partial charge is 0.491 e. The molecule has 0 aliphatic rings. The third-order valence-electron chi connectivity index (χ3n) is 3.14. The molecule has 0 radical (unpaired) electrons. The van der Waals surface area contributed by atoms with Crippen molar-refractivity contribution in [3.05, 3.63) is 30.2 Å². The van der Waals surface area contributed by atoms with Gasteiger partial charge in [-0.05, 0) is 26.2 Å². The number of imidazole rings is 1. The highest BCUT2D eigenvalue weighted by Crippen LogP contribution is 2.21. The standard InChI is InChI=1S/C16H23N3O2/c1-16(2,3)15(20)13-11-19-10-12(6-7-14(19)17-13)21-9-8-18(4)5/h6-7,10-11H,8-9H2,1-5H3. The minimum Gasteiger partial charge on any atom is -0.491 e. The van der Waals surface area contributed by atoms with E-state index >= 15 is 0 Å². The highest BCUT2D eigenvalue weighted by Gasteiger charge is 2.25. The van der Waals surface area contributed by atoms with E-state index in [0.717, 1.165) is 17.9 Å². The minimum absolute atomic E-state index is 0.0428. The van der Waals surface area contributed by atoms with Crippen LogP contribution >= 0.6 is 0 Å². The number of fused-ring (bicyclic) bond motifs is 1. The normalized spacial score (nSPS) is 12.1. The van der Waals surface area contributed by atoms with Crippen molar-refractivity contribution in [2.24, 2.45) is 5.41 Å². The van der Waals surface area contributed by atoms with Gasteiger partial charge in [-0.25, -0.2) is 4.98 Å². The Hall–Kier alpha value is -1.88. The summed E-state index contributed by atoms with van der Waals surface area (Å²) in [6.07, 6.45) is 3.62. The van der Waals surface area contributed by atoms with E-state index in [-0.39, 0.29) is 5.78 Å². The first-order valence-corrected chi connectivity index (χ1v) is 7.08. The molecule has 114 valence electrons. The van der Waals surface area contributed by atoms with E-state index in [9.17, 15) is 4.79 Å². The monoisotopic (exact) mass is 289 g/mol. The van der Waals surface area contributed by atoms with Crippen molar-refractivity contribution in [1.29, 1.82) is 0 Å². The zero-order valence-corrected chi connectivity index (χ0v) is 13.4. The number of pyridine rings is 1. The molecular formula is C16H23N3O2. The fraction of sp³-hybridized carbons (Fsp3) is 0.500. The summed E-state index contributed by atoms with van der Waals surface area (Å²) in [5, 5.41) is 0. The van der Waals surface area contributed by atoms with Gasteiger partial charge in [-0.15, -0.1) is 0 Å². The van der Waals surface area contributed by atoms with Gasteiger partial charge < -0.3 is 14.0 Å². The molecule has 0 bridgehead atoms. The number of ketones is 1. The first-order chi connectivity index (χ1) is 9.77. The molecule has 2 aromatic heterocycles. The lowest BCUT2D eigenvalue weighted by Crippen LogP contribution is -2.20. The first-order valence-electron chi connectivity index (χ1n) is 7.08. The number of hydrogen-bond donors (Lipinski definition) is 0. The highest BCUT2D eigenvalue weighted by atomic mass is 16.5. The number of likely N-dealkylation sites (N-methyl/N-ethyl adjacent to an activating group) is 1. The van der Waals surface area contributed by atoms with E-state index in [1.54, 1.807) is 6.20 Å². The van der Waals surface area contributed by atoms with Crippen LogP contribution in [0.5, 0.6) is 5.75 Å². The van der Waals surface area contributed by atoms with Gasteiger partial charge in [-0.1, -0.05) is 20.8 Å². The van der Waals surface area contributed by atoms with E-state index in [4.69, 9.17) is 4.74 Å². The highest BCUT2D eigenvalue weighted by molar-refractivity contribution is 5.98. The molecular weight excluding hydrogens is 266 g/mol. The van der Waals surface area contributed by atoms with Crippen molar-refractivity contribution < 1.29 is 9.53 Å². The van der Waals surface area contributed by atoms with Gasteiger partial charge in [-0.2, -0.15) is 0 Å². The van der Waals surface area contributed by atoms with Crippen LogP contribution in [0.1, 0.15) is 31.3 Å². The van der Waals surface area contributed by atoms with E-state index in [1.165, 1.54) is 0 Å². The Bertz CT molecular complexity index is 638. The molecule has 5 heteroatoms. The van der Waals surface area contributed by atoms with Gasteiger partial charge in [0.1, 0.15) is 23.7 Å². The van der Waals surface area contributed by atoms with Crippen molar-refractivity contribution in [2.75, 3.05) is 27.2 Å². The number of ether oxygens (including phenoxy) is 1. The molecule has 0 aliphatic carbocycles. The summed E-state index contributed by atoms with van der Waals surface area (Å²) in [5.74, 6) is 0.817. The Morgan fingerprint density at radius 1 is 1.29 bits per heavy atom. The molecule has 0 aliphatic heterocycles. The van der Waals surface area contributed by atoms with Crippen molar-refractivity contribution in [2.45, 2.75) is 20.8 Å². The van der Waals surface area contributed by atoms with Crippen LogP contribution in [-0.4, -0.2) is 47.3 Å². The van der Waals surface area contributed by atoms with Gasteiger partial charge in [0, 0.05) is 18.2 Å². The van der Waals surface area contributed by atoms with Crippen LogP contribution < -0.4 is 4.74 Å². The number of carbonyl (C=O) groups is 1. The average Bonchev–Trinajstić information content (AvgIpc) is 2.79. The smallest absolute Gasteiger partial charge is 0.188 e. The van der Waals surface area contributed by atoms with Crippen LogP contribution in [-0.2, 0) is 0 Å². The quantitative estimate of drug-likeness (QED) is 0.794. The van der Waals surface area contributed by atoms with E-state index < -0.39 is 5.41 Å². The predicted molar refractivity (Wildman–Crippen MR) is 83.0 cm³/mol. The minimum atomic E-state index is -0.428. The van der Waals surface area contributed by atoms with Crippen LogP contribution in [0, 0.1) is 5.41 Å². The average molecular weight is 289 g/mol. The lowest BCUT2D eigenvalue weighted by atomic mass is 9.89. The third-order valence-corrected chi connectivity index (χ3v) is 3.14. The second-order valence-electron chi connectivity index (χ2n) is 6.49. The predicted octanol–water partition coefficient (Wildman–Crippen LogP) is 2.50. The lowest BCUT2D eigenvalue weighted by molar-refractivity contribution is 0.0853. The van der Waals surface area contributed by atoms with Gasteiger partial charge in [0.05, 0.1) is 6.20 Å². The van der Waals surface area contributed by atoms with Gasteiger partial charge in [-0.3, -0.25) is 4.79 Å². The van der Waals surface area contributed by atoms with Crippen LogP contribution in [0.25, 0.3) is 5.65 Å². The maximum absolute atomic E-state index is 12.3. The summed E-state index contributed by atoms with van der Waals surface area (Å²) in [5.41, 5.74) is 0.818. The number of aromatic nitrogens is 2. The Labute approximate surface area is 125 Å². The maximum Gasteiger partial charge on any atom is 0.188 e.